The lowest BCUT2D eigenvalue weighted by atomic mass is 10.0. The summed E-state index contributed by atoms with van der Waals surface area (Å²) in [6.45, 7) is 14.9. The van der Waals surface area contributed by atoms with Gasteiger partial charge in [-0.3, -0.25) is 0 Å². The molecule has 1 rings (SSSR count). The number of carbonyl (C=O) groups is 2. The molecule has 0 aromatic carbocycles. The highest BCUT2D eigenvalue weighted by atomic mass is 16.6. The average molecular weight is 326 g/mol. The van der Waals surface area contributed by atoms with E-state index < -0.39 is 23.4 Å². The summed E-state index contributed by atoms with van der Waals surface area (Å²) >= 11 is 0. The van der Waals surface area contributed by atoms with Gasteiger partial charge in [-0.05, 0) is 60.0 Å². The second kappa shape index (κ2) is 6.81. The molecule has 0 aromatic rings. The van der Waals surface area contributed by atoms with E-state index in [2.05, 4.69) is 13.8 Å². The smallest absolute Gasteiger partial charge is 0.433 e. The summed E-state index contributed by atoms with van der Waals surface area (Å²) in [7, 11) is 0. The number of rotatable bonds is 2. The minimum Gasteiger partial charge on any atom is -0.442 e. The third-order valence-corrected chi connectivity index (χ3v) is 2.87. The predicted molar refractivity (Wildman–Crippen MR) is 88.5 cm³/mol. The fourth-order valence-electron chi connectivity index (χ4n) is 2.14. The predicted octanol–water partition coefficient (Wildman–Crippen LogP) is 4.32. The maximum absolute atomic E-state index is 12.5. The Morgan fingerprint density at radius 3 is 1.91 bits per heavy atom. The van der Waals surface area contributed by atoms with E-state index in [0.29, 0.717) is 5.92 Å². The van der Waals surface area contributed by atoms with Gasteiger partial charge in [0, 0.05) is 6.20 Å². The van der Waals surface area contributed by atoms with Crippen molar-refractivity contribution >= 4 is 12.2 Å². The van der Waals surface area contributed by atoms with E-state index in [-0.39, 0.29) is 6.04 Å². The van der Waals surface area contributed by atoms with Crippen molar-refractivity contribution in [2.45, 2.75) is 79.1 Å². The molecule has 0 aliphatic carbocycles. The summed E-state index contributed by atoms with van der Waals surface area (Å²) in [4.78, 5) is 24.9. The normalized spacial score (nSPS) is 18.6. The minimum absolute atomic E-state index is 0.225. The number of hydrogen-bond acceptors (Lipinski definition) is 4. The van der Waals surface area contributed by atoms with E-state index in [4.69, 9.17) is 9.47 Å². The quantitative estimate of drug-likeness (QED) is 0.758. The van der Waals surface area contributed by atoms with Gasteiger partial charge in [0.15, 0.2) is 0 Å². The van der Waals surface area contributed by atoms with Crippen LogP contribution < -0.4 is 0 Å². The largest absolute Gasteiger partial charge is 0.442 e. The maximum atomic E-state index is 12.5. The van der Waals surface area contributed by atoms with Crippen molar-refractivity contribution in [2.24, 2.45) is 5.92 Å². The first-order valence-corrected chi connectivity index (χ1v) is 8.03. The molecule has 1 aliphatic rings. The molecule has 6 heteroatoms. The molecule has 0 radical (unpaired) electrons. The summed E-state index contributed by atoms with van der Waals surface area (Å²) < 4.78 is 10.8. The molecule has 1 aliphatic heterocycles. The molecule has 0 saturated heterocycles. The molecular weight excluding hydrogens is 296 g/mol. The van der Waals surface area contributed by atoms with Crippen LogP contribution in [0, 0.1) is 5.92 Å². The van der Waals surface area contributed by atoms with Crippen LogP contribution in [0.15, 0.2) is 12.3 Å². The van der Waals surface area contributed by atoms with Gasteiger partial charge >= 0.3 is 12.2 Å². The Bertz CT molecular complexity index is 472. The van der Waals surface area contributed by atoms with Crippen molar-refractivity contribution in [3.8, 4) is 0 Å². The van der Waals surface area contributed by atoms with Crippen molar-refractivity contribution in [3.63, 3.8) is 0 Å². The molecular formula is C17H30N2O4. The molecule has 1 heterocycles. The van der Waals surface area contributed by atoms with Gasteiger partial charge in [0.05, 0.1) is 6.04 Å². The molecule has 0 spiro atoms. The molecule has 6 nitrogen and oxygen atoms in total. The molecule has 0 bridgehead atoms. The van der Waals surface area contributed by atoms with E-state index in [9.17, 15) is 9.59 Å². The number of nitrogens with zero attached hydrogens (tertiary/aromatic N) is 2. The Morgan fingerprint density at radius 1 is 1.00 bits per heavy atom. The van der Waals surface area contributed by atoms with Crippen LogP contribution in [-0.4, -0.2) is 39.4 Å². The van der Waals surface area contributed by atoms with Gasteiger partial charge in [-0.25, -0.2) is 14.6 Å². The first-order valence-electron chi connectivity index (χ1n) is 8.03. The molecule has 0 saturated carbocycles. The fraction of sp³-hybridized carbons (Fsp3) is 0.765. The Hall–Kier alpha value is -1.72. The number of carbonyl (C=O) groups excluding carboxylic acids is 2. The Labute approximate surface area is 139 Å². The summed E-state index contributed by atoms with van der Waals surface area (Å²) in [6.07, 6.45) is 2.98. The zero-order valence-electron chi connectivity index (χ0n) is 15.5. The van der Waals surface area contributed by atoms with Crippen LogP contribution in [0.3, 0.4) is 0 Å². The summed E-state index contributed by atoms with van der Waals surface area (Å²) in [6, 6.07) is -0.225. The van der Waals surface area contributed by atoms with E-state index in [0.717, 1.165) is 6.42 Å². The molecule has 0 aromatic heterocycles. The maximum Gasteiger partial charge on any atom is 0.433 e. The van der Waals surface area contributed by atoms with Crippen LogP contribution in [0.4, 0.5) is 9.59 Å². The SMILES string of the molecule is CC(C)CC1C=CN(C(=O)OC(C)(C)C)N1C(=O)OC(C)(C)C. The molecule has 0 fully saturated rings. The van der Waals surface area contributed by atoms with Crippen LogP contribution in [0.25, 0.3) is 0 Å². The first kappa shape index (κ1) is 19.3. The molecule has 23 heavy (non-hydrogen) atoms. The third-order valence-electron chi connectivity index (χ3n) is 2.87. The van der Waals surface area contributed by atoms with Gasteiger partial charge in [0.1, 0.15) is 11.2 Å². The summed E-state index contributed by atoms with van der Waals surface area (Å²) in [5.41, 5.74) is -1.28. The van der Waals surface area contributed by atoms with Gasteiger partial charge < -0.3 is 9.47 Å². The molecule has 0 N–H and O–H groups in total. The van der Waals surface area contributed by atoms with Crippen LogP contribution in [0.5, 0.6) is 0 Å². The lowest BCUT2D eigenvalue weighted by molar-refractivity contribution is -0.0479. The Kier molecular flexibility index (Phi) is 5.72. The minimum atomic E-state index is -0.638. The van der Waals surface area contributed by atoms with Crippen LogP contribution in [0.2, 0.25) is 0 Å². The second-order valence-corrected chi connectivity index (χ2v) is 8.19. The van der Waals surface area contributed by atoms with E-state index >= 15 is 0 Å². The van der Waals surface area contributed by atoms with E-state index in [1.165, 1.54) is 10.0 Å². The summed E-state index contributed by atoms with van der Waals surface area (Å²) in [5.74, 6) is 0.369. The van der Waals surface area contributed by atoms with Gasteiger partial charge in [-0.15, -0.1) is 0 Å². The standard InChI is InChI=1S/C17H30N2O4/c1-12(2)11-13-9-10-18(14(20)22-16(3,4)5)19(13)15(21)23-17(6,7)8/h9-10,12-13H,11H2,1-8H3. The molecule has 132 valence electrons. The Morgan fingerprint density at radius 2 is 1.48 bits per heavy atom. The van der Waals surface area contributed by atoms with Crippen LogP contribution in [0.1, 0.15) is 61.8 Å². The van der Waals surface area contributed by atoms with E-state index in [1.807, 2.05) is 6.08 Å². The lowest BCUT2D eigenvalue weighted by Gasteiger charge is -2.35. The van der Waals surface area contributed by atoms with E-state index in [1.54, 1.807) is 47.7 Å². The zero-order valence-corrected chi connectivity index (χ0v) is 15.5. The average Bonchev–Trinajstić information content (AvgIpc) is 2.66. The van der Waals surface area contributed by atoms with Crippen LogP contribution in [-0.2, 0) is 9.47 Å². The highest BCUT2D eigenvalue weighted by Crippen LogP contribution is 2.26. The van der Waals surface area contributed by atoms with Crippen molar-refractivity contribution < 1.29 is 19.1 Å². The van der Waals surface area contributed by atoms with Crippen LogP contribution >= 0.6 is 0 Å². The highest BCUT2D eigenvalue weighted by molar-refractivity contribution is 5.77. The van der Waals surface area contributed by atoms with Gasteiger partial charge in [0.2, 0.25) is 0 Å². The zero-order chi connectivity index (χ0) is 18.0. The summed E-state index contributed by atoms with van der Waals surface area (Å²) in [5, 5.41) is 2.53. The Balaban J connectivity index is 2.97. The number of amides is 2. The fourth-order valence-corrected chi connectivity index (χ4v) is 2.14. The molecule has 1 unspecified atom stereocenters. The first-order chi connectivity index (χ1) is 10.3. The molecule has 1 atom stereocenters. The number of ether oxygens (including phenoxy) is 2. The second-order valence-electron chi connectivity index (χ2n) is 8.19. The van der Waals surface area contributed by atoms with Gasteiger partial charge in [-0.1, -0.05) is 13.8 Å². The lowest BCUT2D eigenvalue weighted by Crippen LogP contribution is -2.51. The van der Waals surface area contributed by atoms with Crippen molar-refractivity contribution in [1.82, 2.24) is 10.0 Å². The van der Waals surface area contributed by atoms with Crippen molar-refractivity contribution in [1.29, 1.82) is 0 Å². The van der Waals surface area contributed by atoms with Crippen molar-refractivity contribution in [3.05, 3.63) is 12.3 Å². The number of hydrogen-bond donors (Lipinski definition) is 0. The monoisotopic (exact) mass is 326 g/mol. The van der Waals surface area contributed by atoms with Gasteiger partial charge in [0.25, 0.3) is 0 Å². The number of hydrazine groups is 1. The van der Waals surface area contributed by atoms with Gasteiger partial charge in [-0.2, -0.15) is 5.01 Å². The topological polar surface area (TPSA) is 59.1 Å². The molecule has 2 amide bonds. The highest BCUT2D eigenvalue weighted by Gasteiger charge is 2.39. The third kappa shape index (κ3) is 6.12. The van der Waals surface area contributed by atoms with Crippen molar-refractivity contribution in [2.75, 3.05) is 0 Å².